The number of nitriles is 1. The van der Waals surface area contributed by atoms with E-state index in [1.807, 2.05) is 6.07 Å². The molecule has 0 aliphatic heterocycles. The van der Waals surface area contributed by atoms with Gasteiger partial charge in [0.25, 0.3) is 0 Å². The summed E-state index contributed by atoms with van der Waals surface area (Å²) in [5, 5.41) is 16.1. The Morgan fingerprint density at radius 2 is 2.30 bits per heavy atom. The maximum atomic E-state index is 11.8. The van der Waals surface area contributed by atoms with E-state index in [-0.39, 0.29) is 5.71 Å². The zero-order chi connectivity index (χ0) is 14.7. The fourth-order valence-corrected chi connectivity index (χ4v) is 3.28. The summed E-state index contributed by atoms with van der Waals surface area (Å²) >= 11 is 1.41. The molecule has 0 saturated carbocycles. The Kier molecular flexibility index (Phi) is 4.30. The Morgan fingerprint density at radius 1 is 1.55 bits per heavy atom. The van der Waals surface area contributed by atoms with E-state index in [0.29, 0.717) is 4.88 Å². The summed E-state index contributed by atoms with van der Waals surface area (Å²) in [5.41, 5.74) is 1.15. The van der Waals surface area contributed by atoms with E-state index in [2.05, 4.69) is 0 Å². The Morgan fingerprint density at radius 3 is 2.90 bits per heavy atom. The zero-order valence-corrected chi connectivity index (χ0v) is 11.9. The number of nitrogens with one attached hydrogen (secondary N) is 1. The standard InChI is InChI=1S/C14H14N2O3S/c1-8(16)10(6-15)11(17)7-19-14(18)13-5-9-3-2-4-12(9)20-13/h5,10,16H,2-4,7H2,1H3. The van der Waals surface area contributed by atoms with Crippen LogP contribution in [0.5, 0.6) is 0 Å². The van der Waals surface area contributed by atoms with Crippen molar-refractivity contribution in [3.63, 3.8) is 0 Å². The fraction of sp³-hybridized carbons (Fsp3) is 0.429. The molecule has 0 fully saturated rings. The van der Waals surface area contributed by atoms with Crippen LogP contribution < -0.4 is 0 Å². The monoisotopic (exact) mass is 290 g/mol. The minimum absolute atomic E-state index is 0.0383. The lowest BCUT2D eigenvalue weighted by molar-refractivity contribution is -0.122. The number of esters is 1. The summed E-state index contributed by atoms with van der Waals surface area (Å²) in [5.74, 6) is -2.22. The molecule has 1 atom stereocenters. The lowest BCUT2D eigenvalue weighted by atomic mass is 10.0. The van der Waals surface area contributed by atoms with Crippen LogP contribution in [0, 0.1) is 22.7 Å². The first-order chi connectivity index (χ1) is 9.52. The first-order valence-electron chi connectivity index (χ1n) is 6.29. The molecule has 20 heavy (non-hydrogen) atoms. The summed E-state index contributed by atoms with van der Waals surface area (Å²) in [6, 6.07) is 3.56. The molecule has 0 radical (unpaired) electrons. The number of Topliss-reactive ketones (excluding diaryl/α,β-unsaturated/α-hetero) is 1. The third kappa shape index (κ3) is 2.94. The van der Waals surface area contributed by atoms with Crippen molar-refractivity contribution in [2.75, 3.05) is 6.61 Å². The third-order valence-electron chi connectivity index (χ3n) is 3.18. The number of hydrogen-bond donors (Lipinski definition) is 1. The molecule has 6 heteroatoms. The smallest absolute Gasteiger partial charge is 0.348 e. The van der Waals surface area contributed by atoms with Gasteiger partial charge in [0.1, 0.15) is 10.8 Å². The molecule has 1 unspecified atom stereocenters. The molecule has 1 aliphatic carbocycles. The topological polar surface area (TPSA) is 91.0 Å². The van der Waals surface area contributed by atoms with Crippen molar-refractivity contribution < 1.29 is 14.3 Å². The second-order valence-electron chi connectivity index (χ2n) is 4.70. The summed E-state index contributed by atoms with van der Waals surface area (Å²) in [6.45, 7) is 0.924. The Balaban J connectivity index is 1.93. The lowest BCUT2D eigenvalue weighted by Gasteiger charge is -2.06. The van der Waals surface area contributed by atoms with Gasteiger partial charge in [-0.3, -0.25) is 4.79 Å². The van der Waals surface area contributed by atoms with Gasteiger partial charge in [0.05, 0.1) is 6.07 Å². The number of ketones is 1. The van der Waals surface area contributed by atoms with Gasteiger partial charge in [-0.2, -0.15) is 5.26 Å². The Bertz CT molecular complexity index is 591. The van der Waals surface area contributed by atoms with E-state index in [1.165, 1.54) is 28.7 Å². The highest BCUT2D eigenvalue weighted by molar-refractivity contribution is 7.14. The molecule has 0 spiro atoms. The van der Waals surface area contributed by atoms with Gasteiger partial charge in [0, 0.05) is 10.6 Å². The first kappa shape index (κ1) is 14.4. The number of thiophene rings is 1. The van der Waals surface area contributed by atoms with Crippen molar-refractivity contribution in [1.29, 1.82) is 10.7 Å². The molecule has 2 rings (SSSR count). The van der Waals surface area contributed by atoms with E-state index in [0.717, 1.165) is 19.3 Å². The predicted octanol–water partition coefficient (Wildman–Crippen LogP) is 2.14. The average molecular weight is 290 g/mol. The number of rotatable bonds is 5. The molecule has 0 aromatic carbocycles. The fourth-order valence-electron chi connectivity index (χ4n) is 2.13. The molecule has 1 aromatic rings. The van der Waals surface area contributed by atoms with E-state index in [1.54, 1.807) is 6.07 Å². The third-order valence-corrected chi connectivity index (χ3v) is 4.39. The molecule has 1 heterocycles. The maximum Gasteiger partial charge on any atom is 0.348 e. The van der Waals surface area contributed by atoms with E-state index in [4.69, 9.17) is 15.4 Å². The minimum atomic E-state index is -1.13. The van der Waals surface area contributed by atoms with Gasteiger partial charge in [-0.1, -0.05) is 0 Å². The molecule has 0 bridgehead atoms. The molecule has 1 aliphatic rings. The molecule has 104 valence electrons. The van der Waals surface area contributed by atoms with Crippen LogP contribution >= 0.6 is 11.3 Å². The van der Waals surface area contributed by atoms with Crippen LogP contribution in [0.1, 0.15) is 33.5 Å². The predicted molar refractivity (Wildman–Crippen MR) is 74.1 cm³/mol. The highest BCUT2D eigenvalue weighted by atomic mass is 32.1. The molecule has 0 saturated heterocycles. The number of fused-ring (bicyclic) bond motifs is 1. The van der Waals surface area contributed by atoms with E-state index >= 15 is 0 Å². The van der Waals surface area contributed by atoms with Crippen molar-refractivity contribution >= 4 is 28.8 Å². The van der Waals surface area contributed by atoms with Gasteiger partial charge in [0.15, 0.2) is 12.4 Å². The summed E-state index contributed by atoms with van der Waals surface area (Å²) < 4.78 is 4.93. The van der Waals surface area contributed by atoms with Crippen LogP contribution in [-0.2, 0) is 22.4 Å². The van der Waals surface area contributed by atoms with E-state index < -0.39 is 24.3 Å². The van der Waals surface area contributed by atoms with Gasteiger partial charge >= 0.3 is 5.97 Å². The van der Waals surface area contributed by atoms with Crippen molar-refractivity contribution in [1.82, 2.24) is 0 Å². The highest BCUT2D eigenvalue weighted by Gasteiger charge is 2.23. The molecular weight excluding hydrogens is 276 g/mol. The Hall–Kier alpha value is -2.00. The number of aryl methyl sites for hydroxylation is 2. The average Bonchev–Trinajstić information content (AvgIpc) is 2.96. The van der Waals surface area contributed by atoms with Crippen LogP contribution in [0.4, 0.5) is 0 Å². The zero-order valence-electron chi connectivity index (χ0n) is 11.1. The van der Waals surface area contributed by atoms with Gasteiger partial charge < -0.3 is 10.1 Å². The summed E-state index contributed by atoms with van der Waals surface area (Å²) in [6.07, 6.45) is 3.11. The van der Waals surface area contributed by atoms with Gasteiger partial charge in [-0.25, -0.2) is 4.79 Å². The van der Waals surface area contributed by atoms with Crippen LogP contribution in [0.2, 0.25) is 0 Å². The maximum absolute atomic E-state index is 11.8. The lowest BCUT2D eigenvalue weighted by Crippen LogP contribution is -2.25. The molecule has 1 N–H and O–H groups in total. The van der Waals surface area contributed by atoms with Crippen molar-refractivity contribution in [2.45, 2.75) is 26.2 Å². The van der Waals surface area contributed by atoms with Gasteiger partial charge in [0.2, 0.25) is 0 Å². The summed E-state index contributed by atoms with van der Waals surface area (Å²) in [7, 11) is 0. The highest BCUT2D eigenvalue weighted by Crippen LogP contribution is 2.30. The first-order valence-corrected chi connectivity index (χ1v) is 7.10. The number of nitrogens with zero attached hydrogens (tertiary/aromatic N) is 1. The van der Waals surface area contributed by atoms with Gasteiger partial charge in [-0.15, -0.1) is 11.3 Å². The van der Waals surface area contributed by atoms with Gasteiger partial charge in [-0.05, 0) is 37.8 Å². The number of hydrogen-bond acceptors (Lipinski definition) is 6. The van der Waals surface area contributed by atoms with Crippen LogP contribution in [-0.4, -0.2) is 24.1 Å². The summed E-state index contributed by atoms with van der Waals surface area (Å²) in [4.78, 5) is 25.2. The molecular formula is C14H14N2O3S. The molecule has 0 amide bonds. The number of carbonyl (C=O) groups is 2. The van der Waals surface area contributed by atoms with Crippen LogP contribution in [0.25, 0.3) is 0 Å². The van der Waals surface area contributed by atoms with Crippen molar-refractivity contribution in [2.24, 2.45) is 5.92 Å². The van der Waals surface area contributed by atoms with Crippen LogP contribution in [0.15, 0.2) is 6.07 Å². The van der Waals surface area contributed by atoms with Crippen LogP contribution in [0.3, 0.4) is 0 Å². The number of carbonyl (C=O) groups excluding carboxylic acids is 2. The normalized spacial score (nSPS) is 14.2. The second kappa shape index (κ2) is 5.97. The minimum Gasteiger partial charge on any atom is -0.453 e. The number of ether oxygens (including phenoxy) is 1. The Labute approximate surface area is 120 Å². The van der Waals surface area contributed by atoms with E-state index in [9.17, 15) is 9.59 Å². The molecule has 5 nitrogen and oxygen atoms in total. The van der Waals surface area contributed by atoms with Crippen molar-refractivity contribution in [3.8, 4) is 6.07 Å². The quantitative estimate of drug-likeness (QED) is 0.664. The second-order valence-corrected chi connectivity index (χ2v) is 5.84. The molecule has 1 aromatic heterocycles. The largest absolute Gasteiger partial charge is 0.453 e. The SMILES string of the molecule is CC(=N)C(C#N)C(=O)COC(=O)c1cc2c(s1)CCC2. The van der Waals surface area contributed by atoms with Crippen molar-refractivity contribution in [3.05, 3.63) is 21.4 Å².